The first-order valence-electron chi connectivity index (χ1n) is 6.20. The molecule has 2 aliphatic heterocycles. The molecule has 0 unspecified atom stereocenters. The highest BCUT2D eigenvalue weighted by atomic mass is 16.5. The minimum absolute atomic E-state index is 0.458. The first-order valence-corrected chi connectivity index (χ1v) is 6.20. The van der Waals surface area contributed by atoms with Gasteiger partial charge in [0, 0.05) is 25.8 Å². The van der Waals surface area contributed by atoms with E-state index >= 15 is 0 Å². The fourth-order valence-electron chi connectivity index (χ4n) is 2.62. The van der Waals surface area contributed by atoms with Gasteiger partial charge in [0.25, 0.3) is 0 Å². The van der Waals surface area contributed by atoms with Crippen LogP contribution >= 0.6 is 0 Å². The summed E-state index contributed by atoms with van der Waals surface area (Å²) in [7, 11) is 0. The second-order valence-corrected chi connectivity index (χ2v) is 5.10. The van der Waals surface area contributed by atoms with E-state index < -0.39 is 0 Å². The largest absolute Gasteiger partial charge is 0.380 e. The SMILES string of the molecule is CC(C)[C@H]1OCC[C@@H]1CN[C@@H]1CCOC1. The molecule has 88 valence electrons. The van der Waals surface area contributed by atoms with Crippen LogP contribution in [0.15, 0.2) is 0 Å². The Morgan fingerprint density at radius 1 is 1.27 bits per heavy atom. The second-order valence-electron chi connectivity index (χ2n) is 5.10. The molecule has 0 spiro atoms. The summed E-state index contributed by atoms with van der Waals surface area (Å²) in [5.74, 6) is 1.34. The van der Waals surface area contributed by atoms with Gasteiger partial charge in [-0.25, -0.2) is 0 Å². The normalized spacial score (nSPS) is 36.6. The van der Waals surface area contributed by atoms with Gasteiger partial charge in [0.15, 0.2) is 0 Å². The van der Waals surface area contributed by atoms with E-state index in [1.54, 1.807) is 0 Å². The lowest BCUT2D eigenvalue weighted by Crippen LogP contribution is -2.37. The molecule has 3 atom stereocenters. The van der Waals surface area contributed by atoms with Gasteiger partial charge in [0.2, 0.25) is 0 Å². The van der Waals surface area contributed by atoms with Gasteiger partial charge in [-0.05, 0) is 24.7 Å². The number of ether oxygens (including phenoxy) is 2. The van der Waals surface area contributed by atoms with Crippen LogP contribution in [0.4, 0.5) is 0 Å². The second kappa shape index (κ2) is 5.28. The minimum atomic E-state index is 0.458. The lowest BCUT2D eigenvalue weighted by molar-refractivity contribution is 0.0532. The van der Waals surface area contributed by atoms with E-state index in [1.165, 1.54) is 12.8 Å². The summed E-state index contributed by atoms with van der Waals surface area (Å²) in [6, 6.07) is 0.582. The van der Waals surface area contributed by atoms with Crippen molar-refractivity contribution in [1.82, 2.24) is 5.32 Å². The fourth-order valence-corrected chi connectivity index (χ4v) is 2.62. The molecule has 2 aliphatic rings. The maximum Gasteiger partial charge on any atom is 0.0639 e. The molecule has 3 nitrogen and oxygen atoms in total. The first kappa shape index (κ1) is 11.4. The van der Waals surface area contributed by atoms with Crippen molar-refractivity contribution in [3.8, 4) is 0 Å². The minimum Gasteiger partial charge on any atom is -0.380 e. The third kappa shape index (κ3) is 2.92. The highest BCUT2D eigenvalue weighted by molar-refractivity contribution is 4.82. The van der Waals surface area contributed by atoms with Gasteiger partial charge >= 0.3 is 0 Å². The highest BCUT2D eigenvalue weighted by Gasteiger charge is 2.31. The van der Waals surface area contributed by atoms with Gasteiger partial charge in [-0.15, -0.1) is 0 Å². The molecule has 0 bridgehead atoms. The van der Waals surface area contributed by atoms with Crippen LogP contribution < -0.4 is 5.32 Å². The molecule has 0 aliphatic carbocycles. The van der Waals surface area contributed by atoms with Gasteiger partial charge in [0.1, 0.15) is 0 Å². The summed E-state index contributed by atoms with van der Waals surface area (Å²) < 4.78 is 11.1. The van der Waals surface area contributed by atoms with Crippen LogP contribution in [0.3, 0.4) is 0 Å². The van der Waals surface area contributed by atoms with E-state index in [0.29, 0.717) is 24.0 Å². The molecule has 15 heavy (non-hydrogen) atoms. The molecule has 0 aromatic rings. The van der Waals surface area contributed by atoms with Gasteiger partial charge < -0.3 is 14.8 Å². The summed E-state index contributed by atoms with van der Waals surface area (Å²) in [5.41, 5.74) is 0. The molecule has 2 heterocycles. The van der Waals surface area contributed by atoms with E-state index in [-0.39, 0.29) is 0 Å². The standard InChI is InChI=1S/C12H23NO2/c1-9(2)12-10(3-6-15-12)7-13-11-4-5-14-8-11/h9-13H,3-8H2,1-2H3/t10-,11-,12-/m1/s1. The molecule has 0 amide bonds. The van der Waals surface area contributed by atoms with Gasteiger partial charge in [-0.1, -0.05) is 13.8 Å². The lowest BCUT2D eigenvalue weighted by atomic mass is 9.93. The summed E-state index contributed by atoms with van der Waals surface area (Å²) >= 11 is 0. The molecule has 0 aromatic carbocycles. The summed E-state index contributed by atoms with van der Waals surface area (Å²) in [6.07, 6.45) is 2.84. The van der Waals surface area contributed by atoms with Crippen molar-refractivity contribution in [3.05, 3.63) is 0 Å². The average molecular weight is 213 g/mol. The number of rotatable bonds is 4. The van der Waals surface area contributed by atoms with Crippen molar-refractivity contribution >= 4 is 0 Å². The molecule has 3 heteroatoms. The quantitative estimate of drug-likeness (QED) is 0.766. The zero-order valence-electron chi connectivity index (χ0n) is 9.87. The molecule has 0 saturated carbocycles. The Morgan fingerprint density at radius 3 is 2.80 bits per heavy atom. The maximum atomic E-state index is 5.77. The first-order chi connectivity index (χ1) is 7.27. The van der Waals surface area contributed by atoms with Gasteiger partial charge in [0.05, 0.1) is 12.7 Å². The summed E-state index contributed by atoms with van der Waals surface area (Å²) in [5, 5.41) is 3.60. The molecule has 2 rings (SSSR count). The zero-order chi connectivity index (χ0) is 10.7. The Balaban J connectivity index is 1.73. The molecule has 0 aromatic heterocycles. The average Bonchev–Trinajstić information content (AvgIpc) is 2.86. The van der Waals surface area contributed by atoms with Crippen LogP contribution in [0.1, 0.15) is 26.7 Å². The third-order valence-corrected chi connectivity index (χ3v) is 3.52. The van der Waals surface area contributed by atoms with E-state index in [1.807, 2.05) is 0 Å². The maximum absolute atomic E-state index is 5.77. The number of hydrogen-bond donors (Lipinski definition) is 1. The monoisotopic (exact) mass is 213 g/mol. The molecule has 2 saturated heterocycles. The van der Waals surface area contributed by atoms with Crippen molar-refractivity contribution in [2.75, 3.05) is 26.4 Å². The van der Waals surface area contributed by atoms with Crippen LogP contribution in [-0.4, -0.2) is 38.5 Å². The van der Waals surface area contributed by atoms with Crippen LogP contribution in [0, 0.1) is 11.8 Å². The topological polar surface area (TPSA) is 30.5 Å². The van der Waals surface area contributed by atoms with Crippen molar-refractivity contribution in [2.45, 2.75) is 38.8 Å². The van der Waals surface area contributed by atoms with Crippen molar-refractivity contribution in [2.24, 2.45) is 11.8 Å². The number of hydrogen-bond acceptors (Lipinski definition) is 3. The van der Waals surface area contributed by atoms with E-state index in [0.717, 1.165) is 26.4 Å². The van der Waals surface area contributed by atoms with E-state index in [2.05, 4.69) is 19.2 Å². The molecular weight excluding hydrogens is 190 g/mol. The van der Waals surface area contributed by atoms with E-state index in [9.17, 15) is 0 Å². The van der Waals surface area contributed by atoms with Crippen LogP contribution in [0.25, 0.3) is 0 Å². The molecule has 0 radical (unpaired) electrons. The Morgan fingerprint density at radius 2 is 2.13 bits per heavy atom. The highest BCUT2D eigenvalue weighted by Crippen LogP contribution is 2.26. The van der Waals surface area contributed by atoms with Crippen molar-refractivity contribution < 1.29 is 9.47 Å². The smallest absolute Gasteiger partial charge is 0.0639 e. The Hall–Kier alpha value is -0.120. The van der Waals surface area contributed by atoms with Crippen molar-refractivity contribution in [1.29, 1.82) is 0 Å². The molecular formula is C12H23NO2. The number of nitrogens with one attached hydrogen (secondary N) is 1. The molecule has 2 fully saturated rings. The fraction of sp³-hybridized carbons (Fsp3) is 1.00. The molecule has 1 N–H and O–H groups in total. The summed E-state index contributed by atoms with van der Waals surface area (Å²) in [6.45, 7) is 8.35. The van der Waals surface area contributed by atoms with Gasteiger partial charge in [-0.3, -0.25) is 0 Å². The third-order valence-electron chi connectivity index (χ3n) is 3.52. The summed E-state index contributed by atoms with van der Waals surface area (Å²) in [4.78, 5) is 0. The Kier molecular flexibility index (Phi) is 4.00. The lowest BCUT2D eigenvalue weighted by Gasteiger charge is -2.23. The van der Waals surface area contributed by atoms with Gasteiger partial charge in [-0.2, -0.15) is 0 Å². The van der Waals surface area contributed by atoms with Crippen LogP contribution in [0.5, 0.6) is 0 Å². The Bertz CT molecular complexity index is 190. The zero-order valence-corrected chi connectivity index (χ0v) is 9.87. The van der Waals surface area contributed by atoms with Crippen LogP contribution in [-0.2, 0) is 9.47 Å². The van der Waals surface area contributed by atoms with Crippen molar-refractivity contribution in [3.63, 3.8) is 0 Å². The van der Waals surface area contributed by atoms with E-state index in [4.69, 9.17) is 9.47 Å². The van der Waals surface area contributed by atoms with Crippen LogP contribution in [0.2, 0.25) is 0 Å². The predicted molar refractivity (Wildman–Crippen MR) is 59.9 cm³/mol. The Labute approximate surface area is 92.5 Å². The predicted octanol–water partition coefficient (Wildman–Crippen LogP) is 1.43.